The van der Waals surface area contributed by atoms with Crippen LogP contribution in [0.15, 0.2) is 60.9 Å². The van der Waals surface area contributed by atoms with Gasteiger partial charge in [-0.05, 0) is 56.2 Å². The molecule has 3 heterocycles. The van der Waals surface area contributed by atoms with E-state index in [2.05, 4.69) is 45.7 Å². The molecule has 0 aliphatic carbocycles. The van der Waals surface area contributed by atoms with Crippen LogP contribution in [0.5, 0.6) is 0 Å². The smallest absolute Gasteiger partial charge is 0.234 e. The van der Waals surface area contributed by atoms with Crippen LogP contribution in [0.2, 0.25) is 18.1 Å². The quantitative estimate of drug-likeness (QED) is 0.272. The average molecular weight is 470 g/mol. The van der Waals surface area contributed by atoms with Crippen LogP contribution in [0, 0.1) is 11.3 Å². The van der Waals surface area contributed by atoms with Crippen LogP contribution in [0.25, 0.3) is 28.4 Å². The van der Waals surface area contributed by atoms with E-state index in [-0.39, 0.29) is 0 Å². The molecule has 0 spiro atoms. The molecule has 6 nitrogen and oxygen atoms in total. The maximum atomic E-state index is 9.48. The zero-order valence-electron chi connectivity index (χ0n) is 20.5. The number of pyridine rings is 1. The first-order chi connectivity index (χ1) is 16.4. The Morgan fingerprint density at radius 2 is 1.65 bits per heavy atom. The number of hydrogen-bond acceptors (Lipinski definition) is 5. The van der Waals surface area contributed by atoms with E-state index >= 15 is 0 Å². The number of hydrogen-bond donors (Lipinski definition) is 0. The van der Waals surface area contributed by atoms with Crippen LogP contribution in [0.3, 0.4) is 0 Å². The lowest BCUT2D eigenvalue weighted by Gasteiger charge is -2.37. The lowest BCUT2D eigenvalue weighted by atomic mass is 10.0. The van der Waals surface area contributed by atoms with Gasteiger partial charge in [-0.25, -0.2) is 15.0 Å². The molecule has 0 fully saturated rings. The third-order valence-electron chi connectivity index (χ3n) is 6.74. The molecule has 0 saturated heterocycles. The summed E-state index contributed by atoms with van der Waals surface area (Å²) in [5.41, 5.74) is 4.19. The number of imidazole rings is 1. The lowest BCUT2D eigenvalue weighted by Crippen LogP contribution is -2.43. The Bertz CT molecular complexity index is 1340. The van der Waals surface area contributed by atoms with E-state index in [4.69, 9.17) is 14.4 Å². The van der Waals surface area contributed by atoms with Gasteiger partial charge >= 0.3 is 0 Å². The van der Waals surface area contributed by atoms with Crippen LogP contribution >= 0.6 is 0 Å². The van der Waals surface area contributed by atoms with E-state index in [0.29, 0.717) is 11.3 Å². The summed E-state index contributed by atoms with van der Waals surface area (Å²) in [7, 11) is -1.80. The second kappa shape index (κ2) is 9.49. The molecule has 0 atom stereocenters. The molecule has 0 aliphatic heterocycles. The molecule has 4 aromatic rings. The molecule has 0 unspecified atom stereocenters. The standard InChI is InChI=1S/C27H31N5OSi/c1-6-34(7-2,8-3)33-27(4,5)25-16-17-32-24(19-29-26(32)31-25)23-15-11-14-22(30-23)21-13-10-9-12-20(21)18-28/h9-17,19H,6-8H2,1-5H3. The van der Waals surface area contributed by atoms with E-state index in [1.54, 1.807) is 12.3 Å². The van der Waals surface area contributed by atoms with Gasteiger partial charge < -0.3 is 4.43 Å². The summed E-state index contributed by atoms with van der Waals surface area (Å²) < 4.78 is 8.74. The zero-order valence-corrected chi connectivity index (χ0v) is 21.5. The zero-order chi connectivity index (χ0) is 24.3. The lowest BCUT2D eigenvalue weighted by molar-refractivity contribution is 0.0894. The Kier molecular flexibility index (Phi) is 6.64. The molecule has 7 heteroatoms. The fraction of sp³-hybridized carbons (Fsp3) is 0.333. The third-order valence-corrected chi connectivity index (χ3v) is 11.5. The molecule has 4 rings (SSSR count). The third kappa shape index (κ3) is 4.39. The summed E-state index contributed by atoms with van der Waals surface area (Å²) in [5, 5.41) is 9.48. The van der Waals surface area contributed by atoms with Gasteiger partial charge in [-0.15, -0.1) is 0 Å². The van der Waals surface area contributed by atoms with Crippen molar-refractivity contribution in [1.29, 1.82) is 5.26 Å². The minimum atomic E-state index is -1.80. The number of fused-ring (bicyclic) bond motifs is 1. The second-order valence-corrected chi connectivity index (χ2v) is 13.7. The summed E-state index contributed by atoms with van der Waals surface area (Å²) in [6.45, 7) is 10.9. The maximum Gasteiger partial charge on any atom is 0.234 e. The Hall–Kier alpha value is -3.34. The van der Waals surface area contributed by atoms with E-state index < -0.39 is 13.9 Å². The Morgan fingerprint density at radius 3 is 2.35 bits per heavy atom. The normalized spacial score (nSPS) is 12.1. The van der Waals surface area contributed by atoms with Crippen molar-refractivity contribution in [3.63, 3.8) is 0 Å². The van der Waals surface area contributed by atoms with Crippen LogP contribution in [0.4, 0.5) is 0 Å². The highest BCUT2D eigenvalue weighted by Crippen LogP contribution is 2.34. The predicted octanol–water partition coefficient (Wildman–Crippen LogP) is 6.59. The SMILES string of the molecule is CC[Si](CC)(CC)OC(C)(C)c1ccn2c(-c3cccc(-c4ccccc4C#N)n3)cnc2n1. The van der Waals surface area contributed by atoms with E-state index in [1.807, 2.05) is 53.1 Å². The van der Waals surface area contributed by atoms with Gasteiger partial charge in [0.25, 0.3) is 0 Å². The molecule has 1 aromatic carbocycles. The van der Waals surface area contributed by atoms with Crippen molar-refractivity contribution in [3.8, 4) is 28.7 Å². The van der Waals surface area contributed by atoms with Gasteiger partial charge in [0.15, 0.2) is 8.32 Å². The summed E-state index contributed by atoms with van der Waals surface area (Å²) in [4.78, 5) is 14.3. The number of nitrogens with zero attached hydrogens (tertiary/aromatic N) is 5. The monoisotopic (exact) mass is 469 g/mol. The molecular weight excluding hydrogens is 438 g/mol. The van der Waals surface area contributed by atoms with Crippen molar-refractivity contribution >= 4 is 14.1 Å². The first-order valence-electron chi connectivity index (χ1n) is 11.9. The average Bonchev–Trinajstić information content (AvgIpc) is 3.31. The number of aromatic nitrogens is 4. The van der Waals surface area contributed by atoms with Crippen LogP contribution < -0.4 is 0 Å². The summed E-state index contributed by atoms with van der Waals surface area (Å²) in [6.07, 6.45) is 3.79. The molecular formula is C27H31N5OSi. The van der Waals surface area contributed by atoms with Gasteiger partial charge in [0.2, 0.25) is 5.78 Å². The Labute approximate surface area is 202 Å². The highest BCUT2D eigenvalue weighted by atomic mass is 28.4. The topological polar surface area (TPSA) is 76.1 Å². The van der Waals surface area contributed by atoms with Crippen LogP contribution in [-0.4, -0.2) is 27.7 Å². The maximum absolute atomic E-state index is 9.48. The highest BCUT2D eigenvalue weighted by molar-refractivity contribution is 6.73. The van der Waals surface area contributed by atoms with Crippen LogP contribution in [0.1, 0.15) is 45.9 Å². The highest BCUT2D eigenvalue weighted by Gasteiger charge is 2.37. The van der Waals surface area contributed by atoms with Crippen molar-refractivity contribution in [3.05, 3.63) is 72.2 Å². The van der Waals surface area contributed by atoms with E-state index in [1.165, 1.54) is 0 Å². The van der Waals surface area contributed by atoms with Crippen molar-refractivity contribution < 1.29 is 4.43 Å². The van der Waals surface area contributed by atoms with Gasteiger partial charge in [0.05, 0.1) is 46.2 Å². The molecule has 34 heavy (non-hydrogen) atoms. The Balaban J connectivity index is 1.71. The largest absolute Gasteiger partial charge is 0.406 e. The number of benzene rings is 1. The van der Waals surface area contributed by atoms with E-state index in [9.17, 15) is 5.26 Å². The molecule has 174 valence electrons. The number of rotatable bonds is 8. The van der Waals surface area contributed by atoms with Gasteiger partial charge in [0.1, 0.15) is 0 Å². The Morgan fingerprint density at radius 1 is 0.941 bits per heavy atom. The molecule has 0 saturated carbocycles. The van der Waals surface area contributed by atoms with Crippen LogP contribution in [-0.2, 0) is 10.0 Å². The molecule has 0 bridgehead atoms. The summed E-state index contributed by atoms with van der Waals surface area (Å²) in [6, 6.07) is 20.9. The minimum absolute atomic E-state index is 0.485. The minimum Gasteiger partial charge on any atom is -0.406 e. The van der Waals surface area contributed by atoms with Gasteiger partial charge in [-0.2, -0.15) is 5.26 Å². The molecule has 0 amide bonds. The molecule has 0 radical (unpaired) electrons. The summed E-state index contributed by atoms with van der Waals surface area (Å²) in [5.74, 6) is 0.616. The van der Waals surface area contributed by atoms with Crippen molar-refractivity contribution in [1.82, 2.24) is 19.4 Å². The van der Waals surface area contributed by atoms with Crippen molar-refractivity contribution in [2.45, 2.75) is 58.4 Å². The van der Waals surface area contributed by atoms with Crippen molar-refractivity contribution in [2.24, 2.45) is 0 Å². The van der Waals surface area contributed by atoms with Gasteiger partial charge in [-0.1, -0.05) is 45.0 Å². The predicted molar refractivity (Wildman–Crippen MR) is 138 cm³/mol. The van der Waals surface area contributed by atoms with Crippen molar-refractivity contribution in [2.75, 3.05) is 0 Å². The van der Waals surface area contributed by atoms with Gasteiger partial charge in [0, 0.05) is 11.8 Å². The molecule has 0 N–H and O–H groups in total. The number of nitriles is 1. The molecule has 3 aromatic heterocycles. The fourth-order valence-electron chi connectivity index (χ4n) is 4.49. The fourth-order valence-corrected chi connectivity index (χ4v) is 7.61. The van der Waals surface area contributed by atoms with E-state index in [0.717, 1.165) is 46.5 Å². The second-order valence-electron chi connectivity index (χ2n) is 9.05. The molecule has 0 aliphatic rings. The summed E-state index contributed by atoms with van der Waals surface area (Å²) >= 11 is 0. The first kappa shape index (κ1) is 23.8. The first-order valence-corrected chi connectivity index (χ1v) is 14.4. The van der Waals surface area contributed by atoms with Gasteiger partial charge in [-0.3, -0.25) is 4.40 Å².